The Morgan fingerprint density at radius 1 is 1.22 bits per heavy atom. The van der Waals surface area contributed by atoms with E-state index in [1.54, 1.807) is 0 Å². The second-order valence-corrected chi connectivity index (χ2v) is 4.70. The predicted octanol–water partition coefficient (Wildman–Crippen LogP) is 4.92. The van der Waals surface area contributed by atoms with Gasteiger partial charge in [0.05, 0.1) is 6.61 Å². The van der Waals surface area contributed by atoms with Crippen LogP contribution in [0.1, 0.15) is 50.2 Å². The maximum absolute atomic E-state index is 5.81. The molecular formula is C17H25O. The van der Waals surface area contributed by atoms with Crippen molar-refractivity contribution in [1.82, 2.24) is 0 Å². The van der Waals surface area contributed by atoms with Crippen LogP contribution in [-0.4, -0.2) is 6.61 Å². The van der Waals surface area contributed by atoms with Gasteiger partial charge < -0.3 is 4.74 Å². The highest BCUT2D eigenvalue weighted by Crippen LogP contribution is 2.24. The van der Waals surface area contributed by atoms with Gasteiger partial charge in [0.2, 0.25) is 0 Å². The molecule has 1 radical (unpaired) electrons. The van der Waals surface area contributed by atoms with Gasteiger partial charge in [-0.05, 0) is 43.0 Å². The van der Waals surface area contributed by atoms with E-state index in [1.807, 2.05) is 6.08 Å². The molecule has 1 aromatic carbocycles. The summed E-state index contributed by atoms with van der Waals surface area (Å²) in [5, 5.41) is 0. The lowest BCUT2D eigenvalue weighted by molar-refractivity contribution is 0.309. The van der Waals surface area contributed by atoms with E-state index in [0.29, 0.717) is 0 Å². The second kappa shape index (κ2) is 7.97. The molecule has 0 aliphatic rings. The zero-order chi connectivity index (χ0) is 13.4. The number of benzene rings is 1. The van der Waals surface area contributed by atoms with Crippen molar-refractivity contribution in [3.63, 3.8) is 0 Å². The van der Waals surface area contributed by atoms with Crippen LogP contribution < -0.4 is 4.74 Å². The van der Waals surface area contributed by atoms with Gasteiger partial charge in [0.25, 0.3) is 0 Å². The summed E-state index contributed by atoms with van der Waals surface area (Å²) in [6, 6.07) is 6.46. The van der Waals surface area contributed by atoms with Crippen LogP contribution in [0.2, 0.25) is 0 Å². The van der Waals surface area contributed by atoms with Crippen molar-refractivity contribution in [3.05, 3.63) is 48.9 Å². The maximum atomic E-state index is 5.81. The number of allylic oxidation sites excluding steroid dienone is 1. The molecular weight excluding hydrogens is 220 g/mol. The second-order valence-electron chi connectivity index (χ2n) is 4.70. The molecule has 0 aromatic heterocycles. The van der Waals surface area contributed by atoms with Gasteiger partial charge in [0, 0.05) is 5.92 Å². The van der Waals surface area contributed by atoms with E-state index in [9.17, 15) is 0 Å². The number of unbranched alkanes of at least 4 members (excludes halogenated alkanes) is 1. The van der Waals surface area contributed by atoms with Crippen LogP contribution in [0.3, 0.4) is 0 Å². The summed E-state index contributed by atoms with van der Waals surface area (Å²) in [5.74, 6) is 1.11. The van der Waals surface area contributed by atoms with Crippen molar-refractivity contribution in [2.45, 2.75) is 45.4 Å². The smallest absolute Gasteiger partial charge is 0.119 e. The molecule has 1 unspecified atom stereocenters. The van der Waals surface area contributed by atoms with E-state index in [0.717, 1.165) is 38.0 Å². The van der Waals surface area contributed by atoms with E-state index in [4.69, 9.17) is 4.74 Å². The minimum atomic E-state index is 0.135. The van der Waals surface area contributed by atoms with Gasteiger partial charge in [-0.15, -0.1) is 6.58 Å². The van der Waals surface area contributed by atoms with Crippen molar-refractivity contribution >= 4 is 0 Å². The zero-order valence-corrected chi connectivity index (χ0v) is 11.7. The molecule has 0 saturated carbocycles. The first kappa shape index (κ1) is 14.8. The summed E-state index contributed by atoms with van der Waals surface area (Å²) in [6.07, 6.45) is 6.37. The van der Waals surface area contributed by atoms with E-state index >= 15 is 0 Å². The summed E-state index contributed by atoms with van der Waals surface area (Å²) in [7, 11) is 0. The third-order valence-electron chi connectivity index (χ3n) is 3.01. The lowest BCUT2D eigenvalue weighted by Crippen LogP contribution is -2.00. The summed E-state index contributed by atoms with van der Waals surface area (Å²) in [6.45, 7) is 13.1. The van der Waals surface area contributed by atoms with E-state index in [1.165, 1.54) is 11.1 Å². The summed E-state index contributed by atoms with van der Waals surface area (Å²) < 4.78 is 5.81. The minimum Gasteiger partial charge on any atom is -0.494 e. The van der Waals surface area contributed by atoms with Gasteiger partial charge >= 0.3 is 0 Å². The lowest BCUT2D eigenvalue weighted by Gasteiger charge is -2.13. The van der Waals surface area contributed by atoms with E-state index in [-0.39, 0.29) is 5.92 Å². The van der Waals surface area contributed by atoms with Gasteiger partial charge in [-0.25, -0.2) is 0 Å². The molecule has 1 heteroatoms. The summed E-state index contributed by atoms with van der Waals surface area (Å²) in [5.41, 5.74) is 2.53. The first-order valence-electron chi connectivity index (χ1n) is 6.93. The highest BCUT2D eigenvalue weighted by molar-refractivity contribution is 5.38. The molecule has 0 heterocycles. The number of hydrogen-bond donors (Lipinski definition) is 0. The van der Waals surface area contributed by atoms with Crippen molar-refractivity contribution < 1.29 is 4.74 Å². The Morgan fingerprint density at radius 2 is 2.00 bits per heavy atom. The fourth-order valence-corrected chi connectivity index (χ4v) is 1.89. The third kappa shape index (κ3) is 4.56. The maximum Gasteiger partial charge on any atom is 0.119 e. The number of hydrogen-bond acceptors (Lipinski definition) is 1. The molecule has 18 heavy (non-hydrogen) atoms. The topological polar surface area (TPSA) is 9.23 Å². The number of rotatable bonds is 8. The Bertz CT molecular complexity index is 368. The Labute approximate surface area is 112 Å². The van der Waals surface area contributed by atoms with Crippen molar-refractivity contribution in [1.29, 1.82) is 0 Å². The third-order valence-corrected chi connectivity index (χ3v) is 3.01. The molecule has 0 spiro atoms. The first-order valence-corrected chi connectivity index (χ1v) is 6.93. The minimum absolute atomic E-state index is 0.135. The zero-order valence-electron chi connectivity index (χ0n) is 11.7. The molecule has 1 aromatic rings. The van der Waals surface area contributed by atoms with Gasteiger partial charge in [-0.1, -0.05) is 38.8 Å². The van der Waals surface area contributed by atoms with Crippen LogP contribution >= 0.6 is 0 Å². The van der Waals surface area contributed by atoms with Crippen LogP contribution in [0, 0.1) is 6.92 Å². The Kier molecular flexibility index (Phi) is 6.56. The Balaban J connectivity index is 2.87. The monoisotopic (exact) mass is 245 g/mol. The SMILES string of the molecule is [CH2]C(C=C)c1cc(CCC)cc(OCCCC)c1. The average molecular weight is 245 g/mol. The normalized spacial score (nSPS) is 12.2. The largest absolute Gasteiger partial charge is 0.494 e. The summed E-state index contributed by atoms with van der Waals surface area (Å²) in [4.78, 5) is 0. The Hall–Kier alpha value is -1.24. The van der Waals surface area contributed by atoms with Crippen LogP contribution in [0.25, 0.3) is 0 Å². The van der Waals surface area contributed by atoms with Gasteiger partial charge in [0.1, 0.15) is 5.75 Å². The lowest BCUT2D eigenvalue weighted by atomic mass is 9.97. The molecule has 99 valence electrons. The van der Waals surface area contributed by atoms with Crippen LogP contribution in [-0.2, 0) is 6.42 Å². The molecule has 0 saturated heterocycles. The fraction of sp³-hybridized carbons (Fsp3) is 0.471. The van der Waals surface area contributed by atoms with E-state index < -0.39 is 0 Å². The predicted molar refractivity (Wildman–Crippen MR) is 79.1 cm³/mol. The van der Waals surface area contributed by atoms with Gasteiger partial charge in [-0.2, -0.15) is 0 Å². The fourth-order valence-electron chi connectivity index (χ4n) is 1.89. The molecule has 0 aliphatic heterocycles. The summed E-state index contributed by atoms with van der Waals surface area (Å²) >= 11 is 0. The number of ether oxygens (including phenoxy) is 1. The van der Waals surface area contributed by atoms with Crippen LogP contribution in [0.5, 0.6) is 5.75 Å². The van der Waals surface area contributed by atoms with Gasteiger partial charge in [-0.3, -0.25) is 0 Å². The molecule has 1 nitrogen and oxygen atoms in total. The van der Waals surface area contributed by atoms with Crippen molar-refractivity contribution in [2.24, 2.45) is 0 Å². The number of aryl methyl sites for hydroxylation is 1. The molecule has 1 atom stereocenters. The molecule has 0 aliphatic carbocycles. The molecule has 0 N–H and O–H groups in total. The first-order chi connectivity index (χ1) is 8.71. The standard InChI is InChI=1S/C17H25O/c1-5-8-10-18-17-12-15(9-6-2)11-16(13-17)14(4)7-3/h7,11-14H,3-6,8-10H2,1-2H3. The van der Waals surface area contributed by atoms with Crippen molar-refractivity contribution in [3.8, 4) is 5.75 Å². The molecule has 0 bridgehead atoms. The van der Waals surface area contributed by atoms with Crippen LogP contribution in [0.15, 0.2) is 30.9 Å². The molecule has 1 rings (SSSR count). The quantitative estimate of drug-likeness (QED) is 0.466. The highest BCUT2D eigenvalue weighted by atomic mass is 16.5. The Morgan fingerprint density at radius 3 is 2.61 bits per heavy atom. The molecule has 0 amide bonds. The molecule has 0 fully saturated rings. The average Bonchev–Trinajstić information content (AvgIpc) is 2.38. The van der Waals surface area contributed by atoms with Crippen molar-refractivity contribution in [2.75, 3.05) is 6.61 Å². The van der Waals surface area contributed by atoms with E-state index in [2.05, 4.69) is 45.5 Å². The van der Waals surface area contributed by atoms with Crippen LogP contribution in [0.4, 0.5) is 0 Å². The van der Waals surface area contributed by atoms with Gasteiger partial charge in [0.15, 0.2) is 0 Å². The highest BCUT2D eigenvalue weighted by Gasteiger charge is 2.06.